The molecule has 1 N–H and O–H groups in total. The molecule has 3 rings (SSSR count). The fraction of sp³-hybridized carbons (Fsp3) is 0.200. The van der Waals surface area contributed by atoms with Crippen molar-refractivity contribution in [2.45, 2.75) is 19.1 Å². The second-order valence-electron chi connectivity index (χ2n) is 4.99. The van der Waals surface area contributed by atoms with Gasteiger partial charge in [-0.1, -0.05) is 35.5 Å². The predicted molar refractivity (Wildman–Crippen MR) is 78.8 cm³/mol. The Morgan fingerprint density at radius 3 is 2.33 bits per heavy atom. The van der Waals surface area contributed by atoms with Crippen LogP contribution in [0.1, 0.15) is 24.4 Å². The third-order valence-electron chi connectivity index (χ3n) is 3.22. The molecule has 1 aromatic carbocycles. The average molecular weight is 335 g/mol. The molecule has 124 valence electrons. The van der Waals surface area contributed by atoms with Crippen molar-refractivity contribution in [3.8, 4) is 11.4 Å². The molecule has 0 unspecified atom stereocenters. The van der Waals surface area contributed by atoms with Gasteiger partial charge in [-0.2, -0.15) is 18.2 Å². The maximum absolute atomic E-state index is 12.4. The molecule has 0 bridgehead atoms. The molecule has 9 heteroatoms. The maximum atomic E-state index is 12.4. The zero-order valence-corrected chi connectivity index (χ0v) is 12.4. The SMILES string of the molecule is C[C@@H](Nc1ncc(-c2noc(C(F)(F)F)n2)cn1)c1ccccc1. The van der Waals surface area contributed by atoms with E-state index < -0.39 is 12.1 Å². The smallest absolute Gasteiger partial charge is 0.348 e. The number of nitrogens with one attached hydrogen (secondary N) is 1. The first-order chi connectivity index (χ1) is 11.4. The summed E-state index contributed by atoms with van der Waals surface area (Å²) in [6.07, 6.45) is -2.02. The molecular formula is C15H12F3N5O. The largest absolute Gasteiger partial charge is 0.471 e. The van der Waals surface area contributed by atoms with Gasteiger partial charge in [0.1, 0.15) is 0 Å². The Bertz CT molecular complexity index is 802. The third-order valence-corrected chi connectivity index (χ3v) is 3.22. The second kappa shape index (κ2) is 6.26. The topological polar surface area (TPSA) is 76.7 Å². The number of hydrogen-bond acceptors (Lipinski definition) is 6. The van der Waals surface area contributed by atoms with Crippen molar-refractivity contribution < 1.29 is 17.7 Å². The lowest BCUT2D eigenvalue weighted by molar-refractivity contribution is -0.159. The van der Waals surface area contributed by atoms with Gasteiger partial charge < -0.3 is 9.84 Å². The van der Waals surface area contributed by atoms with Gasteiger partial charge in [-0.05, 0) is 12.5 Å². The normalized spacial score (nSPS) is 12.8. The highest BCUT2D eigenvalue weighted by atomic mass is 19.4. The van der Waals surface area contributed by atoms with Crippen LogP contribution in [-0.4, -0.2) is 20.1 Å². The number of hydrogen-bond donors (Lipinski definition) is 1. The van der Waals surface area contributed by atoms with Crippen molar-refractivity contribution in [3.63, 3.8) is 0 Å². The zero-order valence-electron chi connectivity index (χ0n) is 12.4. The summed E-state index contributed by atoms with van der Waals surface area (Å²) >= 11 is 0. The summed E-state index contributed by atoms with van der Waals surface area (Å²) in [5.74, 6) is -1.28. The Morgan fingerprint density at radius 2 is 1.75 bits per heavy atom. The van der Waals surface area contributed by atoms with E-state index in [4.69, 9.17) is 0 Å². The van der Waals surface area contributed by atoms with Gasteiger partial charge in [0.2, 0.25) is 11.8 Å². The Morgan fingerprint density at radius 1 is 1.08 bits per heavy atom. The highest BCUT2D eigenvalue weighted by molar-refractivity contribution is 5.52. The summed E-state index contributed by atoms with van der Waals surface area (Å²) in [5.41, 5.74) is 1.28. The lowest BCUT2D eigenvalue weighted by atomic mass is 10.1. The lowest BCUT2D eigenvalue weighted by Gasteiger charge is -2.13. The van der Waals surface area contributed by atoms with Crippen LogP contribution in [0.15, 0.2) is 47.2 Å². The number of aromatic nitrogens is 4. The van der Waals surface area contributed by atoms with Gasteiger partial charge in [-0.25, -0.2) is 9.97 Å². The molecule has 24 heavy (non-hydrogen) atoms. The fourth-order valence-electron chi connectivity index (χ4n) is 1.99. The monoisotopic (exact) mass is 335 g/mol. The van der Waals surface area contributed by atoms with E-state index in [-0.39, 0.29) is 17.4 Å². The maximum Gasteiger partial charge on any atom is 0.471 e. The molecule has 0 aliphatic carbocycles. The molecule has 2 heterocycles. The molecule has 2 aromatic heterocycles. The number of alkyl halides is 3. The summed E-state index contributed by atoms with van der Waals surface area (Å²) in [6.45, 7) is 1.95. The minimum atomic E-state index is -4.68. The van der Waals surface area contributed by atoms with Gasteiger partial charge in [0.25, 0.3) is 0 Å². The lowest BCUT2D eigenvalue weighted by Crippen LogP contribution is -2.09. The van der Waals surface area contributed by atoms with Crippen LogP contribution < -0.4 is 5.32 Å². The average Bonchev–Trinajstić information content (AvgIpc) is 3.07. The van der Waals surface area contributed by atoms with E-state index in [1.165, 1.54) is 12.4 Å². The van der Waals surface area contributed by atoms with Crippen LogP contribution in [0.4, 0.5) is 19.1 Å². The quantitative estimate of drug-likeness (QED) is 0.783. The Kier molecular flexibility index (Phi) is 4.15. The first-order valence-corrected chi connectivity index (χ1v) is 6.98. The molecule has 0 spiro atoms. The van der Waals surface area contributed by atoms with E-state index in [0.717, 1.165) is 5.56 Å². The van der Waals surface area contributed by atoms with Gasteiger partial charge in [0, 0.05) is 12.4 Å². The number of halogens is 3. The van der Waals surface area contributed by atoms with Gasteiger partial charge in [-0.3, -0.25) is 0 Å². The third kappa shape index (κ3) is 3.50. The highest BCUT2D eigenvalue weighted by Gasteiger charge is 2.38. The zero-order chi connectivity index (χ0) is 17.2. The Balaban J connectivity index is 1.73. The van der Waals surface area contributed by atoms with Crippen molar-refractivity contribution >= 4 is 5.95 Å². The first kappa shape index (κ1) is 15.9. The van der Waals surface area contributed by atoms with Crippen LogP contribution in [0, 0.1) is 0 Å². The molecule has 1 atom stereocenters. The van der Waals surface area contributed by atoms with Crippen molar-refractivity contribution in [2.24, 2.45) is 0 Å². The molecule has 6 nitrogen and oxygen atoms in total. The van der Waals surface area contributed by atoms with E-state index >= 15 is 0 Å². The van der Waals surface area contributed by atoms with Gasteiger partial charge >= 0.3 is 12.1 Å². The molecule has 0 saturated heterocycles. The van der Waals surface area contributed by atoms with Crippen molar-refractivity contribution in [1.82, 2.24) is 20.1 Å². The standard InChI is InChI=1S/C15H12F3N5O/c1-9(10-5-3-2-4-6-10)21-14-19-7-11(8-20-14)12-22-13(24-23-12)15(16,17)18/h2-9H,1H3,(H,19,20,21)/t9-/m1/s1. The van der Waals surface area contributed by atoms with E-state index in [2.05, 4.69) is 29.9 Å². The van der Waals surface area contributed by atoms with Gasteiger partial charge in [0.05, 0.1) is 11.6 Å². The second-order valence-corrected chi connectivity index (χ2v) is 4.99. The van der Waals surface area contributed by atoms with E-state index in [1.807, 2.05) is 37.3 Å². The van der Waals surface area contributed by atoms with E-state index in [0.29, 0.717) is 5.95 Å². The number of nitrogens with zero attached hydrogens (tertiary/aromatic N) is 4. The molecule has 0 radical (unpaired) electrons. The molecule has 0 aliphatic heterocycles. The predicted octanol–water partition coefficient (Wildman–Crippen LogP) is 3.72. The molecule has 0 fully saturated rings. The van der Waals surface area contributed by atoms with Gasteiger partial charge in [0.15, 0.2) is 0 Å². The summed E-state index contributed by atoms with van der Waals surface area (Å²) in [7, 11) is 0. The number of benzene rings is 1. The summed E-state index contributed by atoms with van der Waals surface area (Å²) in [5, 5.41) is 6.38. The highest BCUT2D eigenvalue weighted by Crippen LogP contribution is 2.29. The van der Waals surface area contributed by atoms with Crippen LogP contribution >= 0.6 is 0 Å². The molecule has 0 aliphatic rings. The van der Waals surface area contributed by atoms with Crippen LogP contribution in [0.25, 0.3) is 11.4 Å². The van der Waals surface area contributed by atoms with Crippen LogP contribution in [0.3, 0.4) is 0 Å². The van der Waals surface area contributed by atoms with Crippen LogP contribution in [0.5, 0.6) is 0 Å². The molecule has 3 aromatic rings. The van der Waals surface area contributed by atoms with E-state index in [9.17, 15) is 13.2 Å². The minimum absolute atomic E-state index is 0.0287. The fourth-order valence-corrected chi connectivity index (χ4v) is 1.99. The van der Waals surface area contributed by atoms with Crippen molar-refractivity contribution in [2.75, 3.05) is 5.32 Å². The van der Waals surface area contributed by atoms with Crippen LogP contribution in [0.2, 0.25) is 0 Å². The minimum Gasteiger partial charge on any atom is -0.348 e. The van der Waals surface area contributed by atoms with Gasteiger partial charge in [-0.15, -0.1) is 0 Å². The molecule has 0 saturated carbocycles. The van der Waals surface area contributed by atoms with Crippen molar-refractivity contribution in [1.29, 1.82) is 0 Å². The summed E-state index contributed by atoms with van der Waals surface area (Å²) < 4.78 is 41.5. The summed E-state index contributed by atoms with van der Waals surface area (Å²) in [6, 6.07) is 9.66. The molecular weight excluding hydrogens is 323 g/mol. The van der Waals surface area contributed by atoms with Crippen molar-refractivity contribution in [3.05, 3.63) is 54.2 Å². The van der Waals surface area contributed by atoms with E-state index in [1.54, 1.807) is 0 Å². The number of rotatable bonds is 4. The number of anilines is 1. The first-order valence-electron chi connectivity index (χ1n) is 6.98. The Hall–Kier alpha value is -2.97. The Labute approximate surface area is 134 Å². The summed E-state index contributed by atoms with van der Waals surface area (Å²) in [4.78, 5) is 11.4. The van der Waals surface area contributed by atoms with Crippen LogP contribution in [-0.2, 0) is 6.18 Å². The molecule has 0 amide bonds.